The first-order chi connectivity index (χ1) is 9.75. The molecule has 1 aliphatic heterocycles. The molecule has 0 aliphatic carbocycles. The van der Waals surface area contributed by atoms with Crippen LogP contribution in [0, 0.1) is 5.92 Å². The van der Waals surface area contributed by atoms with E-state index in [9.17, 15) is 4.79 Å². The molecule has 2 aromatic rings. The average Bonchev–Trinajstić information content (AvgIpc) is 3.09. The van der Waals surface area contributed by atoms with E-state index in [1.54, 1.807) is 0 Å². The van der Waals surface area contributed by atoms with Crippen molar-refractivity contribution in [2.24, 2.45) is 13.0 Å². The van der Waals surface area contributed by atoms with Gasteiger partial charge in [-0.25, -0.2) is 4.98 Å². The summed E-state index contributed by atoms with van der Waals surface area (Å²) in [6, 6.07) is 8.09. The third-order valence-electron chi connectivity index (χ3n) is 3.96. The molecule has 2 heterocycles. The lowest BCUT2D eigenvalue weighted by atomic mass is 10.1. The predicted octanol–water partition coefficient (Wildman–Crippen LogP) is 0.842. The van der Waals surface area contributed by atoms with Crippen molar-refractivity contribution in [1.29, 1.82) is 0 Å². The molecule has 5 nitrogen and oxygen atoms in total. The molecule has 0 radical (unpaired) electrons. The van der Waals surface area contributed by atoms with E-state index in [1.165, 1.54) is 0 Å². The monoisotopic (exact) mass is 272 g/mol. The van der Waals surface area contributed by atoms with Crippen molar-refractivity contribution >= 4 is 16.9 Å². The van der Waals surface area contributed by atoms with Crippen LogP contribution in [0.25, 0.3) is 11.0 Å². The summed E-state index contributed by atoms with van der Waals surface area (Å²) in [7, 11) is 2.02. The van der Waals surface area contributed by atoms with Crippen LogP contribution in [0.3, 0.4) is 0 Å². The fourth-order valence-corrected chi connectivity index (χ4v) is 2.74. The van der Waals surface area contributed by atoms with Crippen LogP contribution in [-0.2, 0) is 18.3 Å². The molecule has 106 valence electrons. The van der Waals surface area contributed by atoms with E-state index in [1.807, 2.05) is 25.2 Å². The van der Waals surface area contributed by atoms with E-state index in [0.717, 1.165) is 42.8 Å². The largest absolute Gasteiger partial charge is 0.355 e. The lowest BCUT2D eigenvalue weighted by molar-refractivity contribution is -0.124. The van der Waals surface area contributed by atoms with Gasteiger partial charge in [0.15, 0.2) is 0 Å². The van der Waals surface area contributed by atoms with Crippen molar-refractivity contribution in [3.8, 4) is 0 Å². The third-order valence-corrected chi connectivity index (χ3v) is 3.96. The summed E-state index contributed by atoms with van der Waals surface area (Å²) in [5, 5.41) is 6.22. The Balaban J connectivity index is 1.59. The molecule has 0 unspecified atom stereocenters. The molecule has 0 spiro atoms. The van der Waals surface area contributed by atoms with Crippen molar-refractivity contribution in [3.05, 3.63) is 30.1 Å². The maximum absolute atomic E-state index is 11.9. The molecule has 1 aliphatic rings. The Bertz CT molecular complexity index is 613. The second kappa shape index (κ2) is 5.63. The van der Waals surface area contributed by atoms with E-state index in [4.69, 9.17) is 0 Å². The molecule has 1 amide bonds. The topological polar surface area (TPSA) is 59.0 Å². The van der Waals surface area contributed by atoms with E-state index >= 15 is 0 Å². The molecule has 1 atom stereocenters. The van der Waals surface area contributed by atoms with Gasteiger partial charge in [-0.1, -0.05) is 12.1 Å². The summed E-state index contributed by atoms with van der Waals surface area (Å²) >= 11 is 0. The average molecular weight is 272 g/mol. The van der Waals surface area contributed by atoms with Gasteiger partial charge in [0.2, 0.25) is 5.91 Å². The maximum atomic E-state index is 11.9. The number of benzene rings is 1. The summed E-state index contributed by atoms with van der Waals surface area (Å²) in [5.41, 5.74) is 2.14. The van der Waals surface area contributed by atoms with Crippen LogP contribution in [-0.4, -0.2) is 35.1 Å². The maximum Gasteiger partial charge on any atom is 0.224 e. The van der Waals surface area contributed by atoms with Crippen molar-refractivity contribution in [3.63, 3.8) is 0 Å². The minimum Gasteiger partial charge on any atom is -0.355 e. The number of nitrogens with one attached hydrogen (secondary N) is 2. The first-order valence-corrected chi connectivity index (χ1v) is 7.14. The third kappa shape index (κ3) is 2.54. The zero-order valence-electron chi connectivity index (χ0n) is 11.7. The van der Waals surface area contributed by atoms with Gasteiger partial charge in [0, 0.05) is 26.6 Å². The molecule has 1 fully saturated rings. The Morgan fingerprint density at radius 1 is 1.50 bits per heavy atom. The van der Waals surface area contributed by atoms with Gasteiger partial charge in [-0.2, -0.15) is 0 Å². The van der Waals surface area contributed by atoms with E-state index in [0.29, 0.717) is 6.54 Å². The highest BCUT2D eigenvalue weighted by atomic mass is 16.1. The van der Waals surface area contributed by atoms with Crippen LogP contribution in [0.2, 0.25) is 0 Å². The molecule has 1 aromatic carbocycles. The van der Waals surface area contributed by atoms with E-state index < -0.39 is 0 Å². The number of rotatable bonds is 4. The summed E-state index contributed by atoms with van der Waals surface area (Å²) in [5.74, 6) is 1.31. The Kier molecular flexibility index (Phi) is 3.69. The summed E-state index contributed by atoms with van der Waals surface area (Å²) in [6.45, 7) is 2.40. The fraction of sp³-hybridized carbons (Fsp3) is 0.467. The fourth-order valence-electron chi connectivity index (χ4n) is 2.74. The van der Waals surface area contributed by atoms with E-state index in [2.05, 4.69) is 26.3 Å². The van der Waals surface area contributed by atoms with Crippen molar-refractivity contribution in [2.75, 3.05) is 19.6 Å². The Hall–Kier alpha value is -1.88. The van der Waals surface area contributed by atoms with Gasteiger partial charge < -0.3 is 15.2 Å². The van der Waals surface area contributed by atoms with Crippen LogP contribution in [0.4, 0.5) is 0 Å². The minimum atomic E-state index is 0.135. The molecular formula is C15H20N4O. The second-order valence-corrected chi connectivity index (χ2v) is 5.31. The number of amides is 1. The zero-order chi connectivity index (χ0) is 13.9. The summed E-state index contributed by atoms with van der Waals surface area (Å²) < 4.78 is 2.10. The Labute approximate surface area is 118 Å². The Morgan fingerprint density at radius 3 is 3.10 bits per heavy atom. The summed E-state index contributed by atoms with van der Waals surface area (Å²) in [4.78, 5) is 16.5. The van der Waals surface area contributed by atoms with Crippen LogP contribution in [0.15, 0.2) is 24.3 Å². The number of fused-ring (bicyclic) bond motifs is 1. The summed E-state index contributed by atoms with van der Waals surface area (Å²) in [6.07, 6.45) is 1.70. The highest BCUT2D eigenvalue weighted by Gasteiger charge is 2.21. The molecule has 0 saturated carbocycles. The highest BCUT2D eigenvalue weighted by molar-refractivity contribution is 5.79. The smallest absolute Gasteiger partial charge is 0.224 e. The van der Waals surface area contributed by atoms with Gasteiger partial charge >= 0.3 is 0 Å². The van der Waals surface area contributed by atoms with Crippen molar-refractivity contribution in [1.82, 2.24) is 20.2 Å². The molecule has 2 N–H and O–H groups in total. The first-order valence-electron chi connectivity index (χ1n) is 7.14. The number of para-hydroxylation sites is 2. The lowest BCUT2D eigenvalue weighted by Gasteiger charge is -2.09. The van der Waals surface area contributed by atoms with Crippen LogP contribution in [0.1, 0.15) is 12.2 Å². The number of aromatic nitrogens is 2. The predicted molar refractivity (Wildman–Crippen MR) is 78.4 cm³/mol. The van der Waals surface area contributed by atoms with Gasteiger partial charge in [0.05, 0.1) is 17.0 Å². The van der Waals surface area contributed by atoms with Crippen LogP contribution < -0.4 is 10.6 Å². The van der Waals surface area contributed by atoms with Crippen LogP contribution in [0.5, 0.6) is 0 Å². The van der Waals surface area contributed by atoms with Gasteiger partial charge in [0.25, 0.3) is 0 Å². The number of hydrogen-bond donors (Lipinski definition) is 2. The second-order valence-electron chi connectivity index (χ2n) is 5.31. The zero-order valence-corrected chi connectivity index (χ0v) is 11.7. The standard InChI is InChI=1S/C15H20N4O/c1-19-13-5-3-2-4-12(13)18-14(19)7-9-17-15(20)11-6-8-16-10-11/h2-5,11,16H,6-10H2,1H3,(H,17,20)/t11-/m0/s1. The first kappa shape index (κ1) is 13.1. The molecule has 0 bridgehead atoms. The highest BCUT2D eigenvalue weighted by Crippen LogP contribution is 2.14. The molecule has 3 rings (SSSR count). The van der Waals surface area contributed by atoms with Gasteiger partial charge in [-0.15, -0.1) is 0 Å². The van der Waals surface area contributed by atoms with Gasteiger partial charge in [0.1, 0.15) is 5.82 Å². The number of nitrogens with zero attached hydrogens (tertiary/aromatic N) is 2. The molecule has 1 saturated heterocycles. The van der Waals surface area contributed by atoms with Crippen LogP contribution >= 0.6 is 0 Å². The van der Waals surface area contributed by atoms with Gasteiger partial charge in [-0.3, -0.25) is 4.79 Å². The SMILES string of the molecule is Cn1c(CCNC(=O)[C@H]2CCNC2)nc2ccccc21. The number of imidazole rings is 1. The molecule has 20 heavy (non-hydrogen) atoms. The number of hydrogen-bond acceptors (Lipinski definition) is 3. The molecular weight excluding hydrogens is 252 g/mol. The van der Waals surface area contributed by atoms with Crippen molar-refractivity contribution in [2.45, 2.75) is 12.8 Å². The van der Waals surface area contributed by atoms with Crippen molar-refractivity contribution < 1.29 is 4.79 Å². The normalized spacial score (nSPS) is 18.6. The number of carbonyl (C=O) groups excluding carboxylic acids is 1. The number of aryl methyl sites for hydroxylation is 1. The van der Waals surface area contributed by atoms with Gasteiger partial charge in [-0.05, 0) is 25.1 Å². The lowest BCUT2D eigenvalue weighted by Crippen LogP contribution is -2.33. The molecule has 5 heteroatoms. The quantitative estimate of drug-likeness (QED) is 0.867. The number of carbonyl (C=O) groups is 1. The molecule has 1 aromatic heterocycles. The minimum absolute atomic E-state index is 0.135. The Morgan fingerprint density at radius 2 is 2.35 bits per heavy atom. The van der Waals surface area contributed by atoms with E-state index in [-0.39, 0.29) is 11.8 Å².